The van der Waals surface area contributed by atoms with E-state index in [9.17, 15) is 9.59 Å². The van der Waals surface area contributed by atoms with Gasteiger partial charge < -0.3 is 9.64 Å². The summed E-state index contributed by atoms with van der Waals surface area (Å²) in [6.45, 7) is 3.16. The van der Waals surface area contributed by atoms with E-state index >= 15 is 0 Å². The number of carbonyl (C=O) groups excluding carboxylic acids is 2. The third-order valence-electron chi connectivity index (χ3n) is 4.84. The number of aromatic nitrogens is 2. The highest BCUT2D eigenvalue weighted by molar-refractivity contribution is 7.17. The van der Waals surface area contributed by atoms with Crippen molar-refractivity contribution in [1.29, 1.82) is 0 Å². The standard InChI is InChI=1S/C22H21N3O3S/c1-15-19(29-20(24-15)17-11-5-6-12-23-17)22(27)28-18(16-9-3-2-4-10-16)21(26)25-13-7-8-14-25/h2-6,9-12,18H,7-8,13-14H2,1H3. The second-order valence-corrected chi connectivity index (χ2v) is 7.88. The van der Waals surface area contributed by atoms with Gasteiger partial charge in [0.1, 0.15) is 9.88 Å². The number of rotatable bonds is 5. The lowest BCUT2D eigenvalue weighted by molar-refractivity contribution is -0.140. The van der Waals surface area contributed by atoms with Gasteiger partial charge in [0.2, 0.25) is 6.10 Å². The molecule has 148 valence electrons. The van der Waals surface area contributed by atoms with Crippen molar-refractivity contribution in [3.8, 4) is 10.7 Å². The molecule has 1 unspecified atom stereocenters. The number of amides is 1. The number of thiazole rings is 1. The highest BCUT2D eigenvalue weighted by atomic mass is 32.1. The smallest absolute Gasteiger partial charge is 0.351 e. The van der Waals surface area contributed by atoms with E-state index in [0.29, 0.717) is 39.9 Å². The van der Waals surface area contributed by atoms with Crippen LogP contribution < -0.4 is 0 Å². The van der Waals surface area contributed by atoms with Gasteiger partial charge in [-0.3, -0.25) is 9.78 Å². The van der Waals surface area contributed by atoms with Crippen LogP contribution in [0.5, 0.6) is 0 Å². The lowest BCUT2D eigenvalue weighted by atomic mass is 10.1. The number of ether oxygens (including phenoxy) is 1. The van der Waals surface area contributed by atoms with Gasteiger partial charge in [-0.15, -0.1) is 11.3 Å². The van der Waals surface area contributed by atoms with Crippen LogP contribution in [0.1, 0.15) is 39.9 Å². The fraction of sp³-hybridized carbons (Fsp3) is 0.273. The van der Waals surface area contributed by atoms with E-state index in [1.807, 2.05) is 48.5 Å². The molecule has 6 nitrogen and oxygen atoms in total. The third kappa shape index (κ3) is 4.19. The summed E-state index contributed by atoms with van der Waals surface area (Å²) in [7, 11) is 0. The zero-order valence-electron chi connectivity index (χ0n) is 16.1. The second kappa shape index (κ2) is 8.53. The van der Waals surface area contributed by atoms with Gasteiger partial charge >= 0.3 is 5.97 Å². The summed E-state index contributed by atoms with van der Waals surface area (Å²) in [4.78, 5) is 36.9. The molecule has 2 aromatic heterocycles. The van der Waals surface area contributed by atoms with Crippen molar-refractivity contribution in [3.63, 3.8) is 0 Å². The molecule has 1 aliphatic heterocycles. The minimum absolute atomic E-state index is 0.172. The number of pyridine rings is 1. The molecule has 3 aromatic rings. The number of nitrogens with zero attached hydrogens (tertiary/aromatic N) is 3. The molecule has 0 aliphatic carbocycles. The van der Waals surface area contributed by atoms with Crippen molar-refractivity contribution in [2.24, 2.45) is 0 Å². The lowest BCUT2D eigenvalue weighted by Gasteiger charge is -2.23. The van der Waals surface area contributed by atoms with Gasteiger partial charge in [0.05, 0.1) is 11.4 Å². The van der Waals surface area contributed by atoms with Gasteiger partial charge in [0.15, 0.2) is 0 Å². The average Bonchev–Trinajstić information content (AvgIpc) is 3.43. The maximum Gasteiger partial charge on any atom is 0.351 e. The maximum atomic E-state index is 13.1. The number of hydrogen-bond acceptors (Lipinski definition) is 6. The van der Waals surface area contributed by atoms with Gasteiger partial charge in [-0.1, -0.05) is 36.4 Å². The molecule has 1 atom stereocenters. The van der Waals surface area contributed by atoms with Crippen molar-refractivity contribution in [2.75, 3.05) is 13.1 Å². The van der Waals surface area contributed by atoms with Crippen LogP contribution in [0.2, 0.25) is 0 Å². The summed E-state index contributed by atoms with van der Waals surface area (Å²) >= 11 is 1.23. The molecule has 0 N–H and O–H groups in total. The summed E-state index contributed by atoms with van der Waals surface area (Å²) < 4.78 is 5.75. The molecular formula is C22H21N3O3S. The van der Waals surface area contributed by atoms with Gasteiger partial charge in [-0.2, -0.15) is 0 Å². The highest BCUT2D eigenvalue weighted by Crippen LogP contribution is 2.30. The Hall–Kier alpha value is -3.06. The lowest BCUT2D eigenvalue weighted by Crippen LogP contribution is -2.34. The summed E-state index contributed by atoms with van der Waals surface area (Å²) in [5.41, 5.74) is 1.94. The molecule has 4 rings (SSSR count). The molecule has 3 heterocycles. The fourth-order valence-corrected chi connectivity index (χ4v) is 4.26. The van der Waals surface area contributed by atoms with E-state index in [1.54, 1.807) is 18.0 Å². The second-order valence-electron chi connectivity index (χ2n) is 6.88. The summed E-state index contributed by atoms with van der Waals surface area (Å²) in [5, 5.41) is 0.650. The fourth-order valence-electron chi connectivity index (χ4n) is 3.34. The van der Waals surface area contributed by atoms with Crippen LogP contribution in [0.3, 0.4) is 0 Å². The number of esters is 1. The number of benzene rings is 1. The minimum atomic E-state index is -0.957. The molecule has 29 heavy (non-hydrogen) atoms. The highest BCUT2D eigenvalue weighted by Gasteiger charge is 2.32. The molecule has 0 spiro atoms. The van der Waals surface area contributed by atoms with Crippen LogP contribution in [-0.4, -0.2) is 39.8 Å². The van der Waals surface area contributed by atoms with Crippen molar-refractivity contribution < 1.29 is 14.3 Å². The first-order chi connectivity index (χ1) is 14.1. The van der Waals surface area contributed by atoms with Crippen molar-refractivity contribution >= 4 is 23.2 Å². The van der Waals surface area contributed by atoms with Gasteiger partial charge in [-0.25, -0.2) is 9.78 Å². The number of hydrogen-bond donors (Lipinski definition) is 0. The van der Waals surface area contributed by atoms with Crippen molar-refractivity contribution in [2.45, 2.75) is 25.9 Å². The molecule has 1 amide bonds. The van der Waals surface area contributed by atoms with Crippen LogP contribution in [0.25, 0.3) is 10.7 Å². The molecule has 1 aromatic carbocycles. The zero-order valence-corrected chi connectivity index (χ0v) is 16.9. The maximum absolute atomic E-state index is 13.1. The Morgan fingerprint density at radius 3 is 2.48 bits per heavy atom. The van der Waals surface area contributed by atoms with Crippen molar-refractivity contribution in [3.05, 3.63) is 70.9 Å². The molecular weight excluding hydrogens is 386 g/mol. The summed E-state index contributed by atoms with van der Waals surface area (Å²) in [6, 6.07) is 14.7. The van der Waals surface area contributed by atoms with Crippen LogP contribution in [0.4, 0.5) is 0 Å². The van der Waals surface area contributed by atoms with Gasteiger partial charge in [0.25, 0.3) is 5.91 Å². The molecule has 0 radical (unpaired) electrons. The van der Waals surface area contributed by atoms with Gasteiger partial charge in [0, 0.05) is 24.8 Å². The van der Waals surface area contributed by atoms with Crippen LogP contribution >= 0.6 is 11.3 Å². The predicted octanol–water partition coefficient (Wildman–Crippen LogP) is 4.03. The van der Waals surface area contributed by atoms with Crippen molar-refractivity contribution in [1.82, 2.24) is 14.9 Å². The molecule has 0 saturated carbocycles. The van der Waals surface area contributed by atoms with Crippen LogP contribution in [0, 0.1) is 6.92 Å². The average molecular weight is 407 g/mol. The Morgan fingerprint density at radius 2 is 1.79 bits per heavy atom. The Bertz CT molecular complexity index is 999. The minimum Gasteiger partial charge on any atom is -0.443 e. The van der Waals surface area contributed by atoms with Crippen LogP contribution in [0.15, 0.2) is 54.7 Å². The van der Waals surface area contributed by atoms with E-state index < -0.39 is 12.1 Å². The van der Waals surface area contributed by atoms with E-state index in [-0.39, 0.29) is 5.91 Å². The Morgan fingerprint density at radius 1 is 1.07 bits per heavy atom. The molecule has 1 aliphatic rings. The zero-order chi connectivity index (χ0) is 20.2. The summed E-state index contributed by atoms with van der Waals surface area (Å²) in [5.74, 6) is -0.710. The Labute approximate surface area is 173 Å². The first kappa shape index (κ1) is 19.3. The normalized spacial score (nSPS) is 14.6. The Kier molecular flexibility index (Phi) is 5.67. The predicted molar refractivity (Wildman–Crippen MR) is 110 cm³/mol. The van der Waals surface area contributed by atoms with E-state index in [2.05, 4.69) is 9.97 Å². The molecule has 7 heteroatoms. The largest absolute Gasteiger partial charge is 0.443 e. The topological polar surface area (TPSA) is 72.4 Å². The summed E-state index contributed by atoms with van der Waals surface area (Å²) in [6.07, 6.45) is 2.68. The monoisotopic (exact) mass is 407 g/mol. The number of carbonyl (C=O) groups is 2. The van der Waals surface area contributed by atoms with Crippen LogP contribution in [-0.2, 0) is 9.53 Å². The number of likely N-dealkylation sites (tertiary alicyclic amines) is 1. The number of aryl methyl sites for hydroxylation is 1. The van der Waals surface area contributed by atoms with E-state index in [4.69, 9.17) is 4.74 Å². The quantitative estimate of drug-likeness (QED) is 0.597. The third-order valence-corrected chi connectivity index (χ3v) is 6.00. The van der Waals surface area contributed by atoms with E-state index in [1.165, 1.54) is 11.3 Å². The van der Waals surface area contributed by atoms with E-state index in [0.717, 1.165) is 12.8 Å². The Balaban J connectivity index is 1.60. The molecule has 1 saturated heterocycles. The SMILES string of the molecule is Cc1nc(-c2ccccn2)sc1C(=O)OC(C(=O)N1CCCC1)c1ccccc1. The van der Waals surface area contributed by atoms with Gasteiger partial charge in [-0.05, 0) is 31.9 Å². The molecule has 1 fully saturated rings. The first-order valence-electron chi connectivity index (χ1n) is 9.57. The first-order valence-corrected chi connectivity index (χ1v) is 10.4. The molecule has 0 bridgehead atoms.